The van der Waals surface area contributed by atoms with E-state index in [0.717, 1.165) is 52.4 Å². The number of nitrogens with zero attached hydrogens (tertiary/aromatic N) is 5. The number of halogens is 4. The van der Waals surface area contributed by atoms with Crippen LogP contribution >= 0.6 is 0 Å². The van der Waals surface area contributed by atoms with Crippen molar-refractivity contribution in [2.24, 2.45) is 0 Å². The minimum Gasteiger partial charge on any atom is -0.361 e. The number of nitrogens with one attached hydrogen (secondary N) is 1. The first-order valence-electron chi connectivity index (χ1n) is 12.4. The molecule has 0 saturated carbocycles. The number of aromatic amines is 1. The highest BCUT2D eigenvalue weighted by Crippen LogP contribution is 2.39. The Morgan fingerprint density at radius 1 is 1.08 bits per heavy atom. The summed E-state index contributed by atoms with van der Waals surface area (Å²) in [6, 6.07) is 11.4. The molecule has 0 spiro atoms. The van der Waals surface area contributed by atoms with E-state index in [1.807, 2.05) is 39.9 Å². The molecule has 4 heterocycles. The number of fused-ring (bicyclic) bond motifs is 2. The standard InChI is InChI=1S/C28H24F4N6/c1-3-17-6-4-5-7-24(17)38-26(20-12-22(29)16(2)25-19(20)8-10-33-25)21-15-37(11-9-23(21)36-38)27-34-13-18(14-35-27)28(30,31)32/h4-8,10,12-14,33H,3,9,11,15H2,1-2H3. The average Bonchev–Trinajstić information content (AvgIpc) is 3.56. The van der Waals surface area contributed by atoms with Crippen LogP contribution in [-0.2, 0) is 25.6 Å². The number of aromatic nitrogens is 5. The van der Waals surface area contributed by atoms with E-state index in [1.54, 1.807) is 19.2 Å². The Morgan fingerprint density at radius 2 is 1.84 bits per heavy atom. The first-order valence-corrected chi connectivity index (χ1v) is 12.4. The Hall–Kier alpha value is -4.21. The maximum Gasteiger partial charge on any atom is 0.419 e. The zero-order valence-electron chi connectivity index (χ0n) is 20.8. The fourth-order valence-corrected chi connectivity index (χ4v) is 5.17. The van der Waals surface area contributed by atoms with E-state index in [-0.39, 0.29) is 11.8 Å². The first-order chi connectivity index (χ1) is 18.3. The Labute approximate surface area is 216 Å². The molecule has 0 unspecified atom stereocenters. The second-order valence-electron chi connectivity index (χ2n) is 9.41. The quantitative estimate of drug-likeness (QED) is 0.279. The van der Waals surface area contributed by atoms with Crippen LogP contribution in [0.4, 0.5) is 23.5 Å². The van der Waals surface area contributed by atoms with Gasteiger partial charge in [0.05, 0.1) is 28.2 Å². The van der Waals surface area contributed by atoms with Crippen molar-refractivity contribution in [3.8, 4) is 16.9 Å². The number of anilines is 1. The summed E-state index contributed by atoms with van der Waals surface area (Å²) in [6.45, 7) is 4.63. The van der Waals surface area contributed by atoms with Crippen LogP contribution in [0.1, 0.15) is 34.9 Å². The third-order valence-corrected chi connectivity index (χ3v) is 7.18. The van der Waals surface area contributed by atoms with E-state index in [4.69, 9.17) is 5.10 Å². The predicted molar refractivity (Wildman–Crippen MR) is 137 cm³/mol. The minimum absolute atomic E-state index is 0.207. The highest BCUT2D eigenvalue weighted by Gasteiger charge is 2.33. The smallest absolute Gasteiger partial charge is 0.361 e. The normalized spacial score (nSPS) is 13.8. The van der Waals surface area contributed by atoms with Gasteiger partial charge in [0.15, 0.2) is 0 Å². The monoisotopic (exact) mass is 520 g/mol. The van der Waals surface area contributed by atoms with Gasteiger partial charge in [0, 0.05) is 60.2 Å². The number of H-pyrrole nitrogens is 1. The van der Waals surface area contributed by atoms with Gasteiger partial charge < -0.3 is 9.88 Å². The van der Waals surface area contributed by atoms with Crippen LogP contribution in [0.15, 0.2) is 55.0 Å². The van der Waals surface area contributed by atoms with Gasteiger partial charge in [-0.15, -0.1) is 0 Å². The summed E-state index contributed by atoms with van der Waals surface area (Å²) in [4.78, 5) is 13.0. The van der Waals surface area contributed by atoms with E-state index in [1.165, 1.54) is 0 Å². The van der Waals surface area contributed by atoms with Crippen LogP contribution in [0.25, 0.3) is 27.8 Å². The van der Waals surface area contributed by atoms with Crippen molar-refractivity contribution < 1.29 is 17.6 Å². The fraction of sp³-hybridized carbons (Fsp3) is 0.250. The van der Waals surface area contributed by atoms with E-state index >= 15 is 4.39 Å². The SMILES string of the molecule is CCc1ccccc1-n1nc2c(c1-c1cc(F)c(C)c3[nH]ccc13)CN(c1ncc(C(F)(F)F)cn1)CC2. The first kappa shape index (κ1) is 24.1. The van der Waals surface area contributed by atoms with E-state index in [0.29, 0.717) is 36.2 Å². The summed E-state index contributed by atoms with van der Waals surface area (Å²) in [7, 11) is 0. The van der Waals surface area contributed by atoms with Gasteiger partial charge in [-0.05, 0) is 37.1 Å². The van der Waals surface area contributed by atoms with Crippen molar-refractivity contribution in [1.82, 2.24) is 24.7 Å². The van der Waals surface area contributed by atoms with Gasteiger partial charge in [0.2, 0.25) is 5.95 Å². The number of alkyl halides is 3. The lowest BCUT2D eigenvalue weighted by Gasteiger charge is -2.27. The lowest BCUT2D eigenvalue weighted by Crippen LogP contribution is -2.31. The van der Waals surface area contributed by atoms with Crippen LogP contribution in [0.5, 0.6) is 0 Å². The highest BCUT2D eigenvalue weighted by atomic mass is 19.4. The van der Waals surface area contributed by atoms with E-state index in [2.05, 4.69) is 21.9 Å². The summed E-state index contributed by atoms with van der Waals surface area (Å²) >= 11 is 0. The Bertz CT molecular complexity index is 1650. The molecule has 1 N–H and O–H groups in total. The van der Waals surface area contributed by atoms with Crippen molar-refractivity contribution in [2.75, 3.05) is 11.4 Å². The fourth-order valence-electron chi connectivity index (χ4n) is 5.17. The van der Waals surface area contributed by atoms with Gasteiger partial charge in [0.1, 0.15) is 5.82 Å². The van der Waals surface area contributed by atoms with Gasteiger partial charge in [-0.1, -0.05) is 25.1 Å². The molecule has 0 radical (unpaired) electrons. The van der Waals surface area contributed by atoms with Gasteiger partial charge >= 0.3 is 6.18 Å². The summed E-state index contributed by atoms with van der Waals surface area (Å²) in [5.41, 5.74) is 5.52. The lowest BCUT2D eigenvalue weighted by molar-refractivity contribution is -0.138. The van der Waals surface area contributed by atoms with Gasteiger partial charge in [-0.3, -0.25) is 0 Å². The summed E-state index contributed by atoms with van der Waals surface area (Å²) < 4.78 is 56.2. The summed E-state index contributed by atoms with van der Waals surface area (Å²) in [5.74, 6) is -0.128. The number of para-hydroxylation sites is 1. The van der Waals surface area contributed by atoms with Crippen LogP contribution < -0.4 is 4.90 Å². The molecule has 1 aliphatic heterocycles. The van der Waals surface area contributed by atoms with Crippen molar-refractivity contribution in [3.05, 3.63) is 88.8 Å². The second-order valence-corrected chi connectivity index (χ2v) is 9.41. The molecule has 1 aliphatic rings. The van der Waals surface area contributed by atoms with Gasteiger partial charge in [-0.25, -0.2) is 19.0 Å². The van der Waals surface area contributed by atoms with Crippen molar-refractivity contribution in [2.45, 2.75) is 39.4 Å². The molecule has 0 saturated heterocycles. The molecule has 6 nitrogen and oxygen atoms in total. The molecule has 6 rings (SSSR count). The molecule has 0 fully saturated rings. The van der Waals surface area contributed by atoms with Gasteiger partial charge in [-0.2, -0.15) is 18.3 Å². The van der Waals surface area contributed by atoms with E-state index < -0.39 is 11.7 Å². The average molecular weight is 521 g/mol. The summed E-state index contributed by atoms with van der Waals surface area (Å²) in [5, 5.41) is 5.86. The Kier molecular flexibility index (Phi) is 5.70. The van der Waals surface area contributed by atoms with Crippen LogP contribution in [0.3, 0.4) is 0 Å². The van der Waals surface area contributed by atoms with Gasteiger partial charge in [0.25, 0.3) is 0 Å². The topological polar surface area (TPSA) is 62.6 Å². The van der Waals surface area contributed by atoms with Crippen molar-refractivity contribution in [3.63, 3.8) is 0 Å². The molecule has 3 aromatic heterocycles. The molecule has 5 aromatic rings. The largest absolute Gasteiger partial charge is 0.419 e. The maximum absolute atomic E-state index is 15.2. The van der Waals surface area contributed by atoms with Crippen molar-refractivity contribution >= 4 is 16.9 Å². The number of hydrogen-bond acceptors (Lipinski definition) is 4. The molecular weight excluding hydrogens is 496 g/mol. The molecule has 0 bridgehead atoms. The Balaban J connectivity index is 1.54. The van der Waals surface area contributed by atoms with E-state index in [9.17, 15) is 13.2 Å². The zero-order chi connectivity index (χ0) is 26.6. The number of rotatable bonds is 4. The molecule has 0 aliphatic carbocycles. The summed E-state index contributed by atoms with van der Waals surface area (Å²) in [6.07, 6.45) is 0.213. The van der Waals surface area contributed by atoms with Crippen molar-refractivity contribution in [1.29, 1.82) is 0 Å². The van der Waals surface area contributed by atoms with Crippen LogP contribution in [0, 0.1) is 12.7 Å². The highest BCUT2D eigenvalue weighted by molar-refractivity contribution is 5.97. The lowest BCUT2D eigenvalue weighted by atomic mass is 9.96. The van der Waals surface area contributed by atoms with Crippen LogP contribution in [-0.4, -0.2) is 31.3 Å². The molecule has 2 aromatic carbocycles. The molecule has 194 valence electrons. The Morgan fingerprint density at radius 3 is 2.58 bits per heavy atom. The predicted octanol–water partition coefficient (Wildman–Crippen LogP) is 6.40. The maximum atomic E-state index is 15.2. The second kappa shape index (κ2) is 8.97. The third kappa shape index (κ3) is 3.91. The minimum atomic E-state index is -4.51. The number of benzene rings is 2. The third-order valence-electron chi connectivity index (χ3n) is 7.18. The molecular formula is C28H24F4N6. The molecule has 0 amide bonds. The molecule has 38 heavy (non-hydrogen) atoms. The molecule has 10 heteroatoms. The number of aryl methyl sites for hydroxylation is 2. The van der Waals surface area contributed by atoms with Crippen LogP contribution in [0.2, 0.25) is 0 Å². The zero-order valence-corrected chi connectivity index (χ0v) is 20.8. The number of hydrogen-bond donors (Lipinski definition) is 1. The molecule has 0 atom stereocenters.